The van der Waals surface area contributed by atoms with Gasteiger partial charge in [-0.2, -0.15) is 0 Å². The molecule has 1 atom stereocenters. The Morgan fingerprint density at radius 3 is 2.66 bits per heavy atom. The molecule has 2 N–H and O–H groups in total. The van der Waals surface area contributed by atoms with Gasteiger partial charge in [0.2, 0.25) is 5.91 Å². The van der Waals surface area contributed by atoms with Crippen LogP contribution in [0.25, 0.3) is 0 Å². The molecular formula is C21H31FN4O3. The fourth-order valence-electron chi connectivity index (χ4n) is 3.82. The summed E-state index contributed by atoms with van der Waals surface area (Å²) in [6.07, 6.45) is 3.23. The van der Waals surface area contributed by atoms with E-state index in [1.54, 1.807) is 17.0 Å². The largest absolute Gasteiger partial charge is 0.379 e. The zero-order valence-electron chi connectivity index (χ0n) is 16.9. The van der Waals surface area contributed by atoms with Crippen molar-refractivity contribution in [3.8, 4) is 0 Å². The third kappa shape index (κ3) is 7.29. The van der Waals surface area contributed by atoms with Crippen LogP contribution in [0.15, 0.2) is 24.3 Å². The molecule has 7 nitrogen and oxygen atoms in total. The molecule has 2 heterocycles. The summed E-state index contributed by atoms with van der Waals surface area (Å²) in [6, 6.07) is 5.58. The van der Waals surface area contributed by atoms with Crippen molar-refractivity contribution in [2.75, 3.05) is 57.8 Å². The first-order valence-corrected chi connectivity index (χ1v) is 10.5. The maximum absolute atomic E-state index is 13.0. The number of likely N-dealkylation sites (tertiary alicyclic amines) is 1. The van der Waals surface area contributed by atoms with Gasteiger partial charge in [0.25, 0.3) is 0 Å². The predicted octanol–water partition coefficient (Wildman–Crippen LogP) is 2.30. The zero-order valence-corrected chi connectivity index (χ0v) is 16.9. The first-order valence-electron chi connectivity index (χ1n) is 10.5. The number of nitrogens with zero attached hydrogens (tertiary/aromatic N) is 2. The summed E-state index contributed by atoms with van der Waals surface area (Å²) in [5.74, 6) is 0.0723. The van der Waals surface area contributed by atoms with Gasteiger partial charge < -0.3 is 20.3 Å². The fourth-order valence-corrected chi connectivity index (χ4v) is 3.82. The maximum Gasteiger partial charge on any atom is 0.321 e. The minimum Gasteiger partial charge on any atom is -0.379 e. The molecule has 0 aromatic heterocycles. The van der Waals surface area contributed by atoms with Crippen LogP contribution in [0.4, 0.5) is 14.9 Å². The number of hydrogen-bond acceptors (Lipinski definition) is 4. The number of carbonyl (C=O) groups is 2. The number of morpholine rings is 1. The molecule has 0 bridgehead atoms. The Labute approximate surface area is 171 Å². The van der Waals surface area contributed by atoms with Crippen LogP contribution >= 0.6 is 0 Å². The molecule has 3 amide bonds. The highest BCUT2D eigenvalue weighted by Gasteiger charge is 2.24. The summed E-state index contributed by atoms with van der Waals surface area (Å²) >= 11 is 0. The van der Waals surface area contributed by atoms with Gasteiger partial charge in [-0.25, -0.2) is 9.18 Å². The number of rotatable bonds is 7. The van der Waals surface area contributed by atoms with E-state index in [0.29, 0.717) is 37.7 Å². The number of anilines is 1. The lowest BCUT2D eigenvalue weighted by Gasteiger charge is -2.32. The number of benzene rings is 1. The molecule has 0 spiro atoms. The fraction of sp³-hybridized carbons (Fsp3) is 0.619. The Morgan fingerprint density at radius 1 is 1.14 bits per heavy atom. The molecule has 3 rings (SSSR count). The number of carbonyl (C=O) groups excluding carboxylic acids is 2. The van der Waals surface area contributed by atoms with Gasteiger partial charge in [0.05, 0.1) is 13.2 Å². The van der Waals surface area contributed by atoms with Gasteiger partial charge in [-0.1, -0.05) is 0 Å². The van der Waals surface area contributed by atoms with E-state index in [2.05, 4.69) is 15.5 Å². The van der Waals surface area contributed by atoms with E-state index < -0.39 is 0 Å². The monoisotopic (exact) mass is 406 g/mol. The van der Waals surface area contributed by atoms with Gasteiger partial charge in [0, 0.05) is 51.4 Å². The standard InChI is InChI=1S/C21H31FN4O3/c22-18-4-6-19(7-5-18)24-21(28)26-10-1-2-17(16-26)3-8-20(27)23-9-11-25-12-14-29-15-13-25/h4-7,17H,1-3,8-16H2,(H,23,27)(H,24,28). The second kappa shape index (κ2) is 11.1. The molecule has 2 aliphatic heterocycles. The van der Waals surface area contributed by atoms with Crippen molar-refractivity contribution in [3.63, 3.8) is 0 Å². The second-order valence-electron chi connectivity index (χ2n) is 7.73. The molecule has 1 unspecified atom stereocenters. The molecule has 29 heavy (non-hydrogen) atoms. The van der Waals surface area contributed by atoms with E-state index in [0.717, 1.165) is 52.1 Å². The molecule has 0 saturated carbocycles. The Bertz CT molecular complexity index is 664. The quantitative estimate of drug-likeness (QED) is 0.729. The van der Waals surface area contributed by atoms with Crippen molar-refractivity contribution in [2.24, 2.45) is 5.92 Å². The lowest BCUT2D eigenvalue weighted by atomic mass is 9.93. The van der Waals surface area contributed by atoms with Crippen LogP contribution in [-0.4, -0.2) is 74.2 Å². The molecule has 1 aromatic carbocycles. The second-order valence-corrected chi connectivity index (χ2v) is 7.73. The van der Waals surface area contributed by atoms with Crippen molar-refractivity contribution < 1.29 is 18.7 Å². The first-order chi connectivity index (χ1) is 14.1. The molecule has 160 valence electrons. The summed E-state index contributed by atoms with van der Waals surface area (Å²) < 4.78 is 18.3. The number of nitrogens with one attached hydrogen (secondary N) is 2. The number of piperidine rings is 1. The molecule has 0 aliphatic carbocycles. The summed E-state index contributed by atoms with van der Waals surface area (Å²) in [6.45, 7) is 6.25. The number of ether oxygens (including phenoxy) is 1. The molecule has 0 radical (unpaired) electrons. The van der Waals surface area contributed by atoms with Crippen LogP contribution in [0.5, 0.6) is 0 Å². The highest BCUT2D eigenvalue weighted by atomic mass is 19.1. The third-order valence-electron chi connectivity index (χ3n) is 5.54. The smallest absolute Gasteiger partial charge is 0.321 e. The number of urea groups is 1. The molecule has 2 saturated heterocycles. The van der Waals surface area contributed by atoms with Crippen molar-refractivity contribution >= 4 is 17.6 Å². The Hall–Kier alpha value is -2.19. The molecule has 1 aromatic rings. The molecule has 2 fully saturated rings. The molecule has 8 heteroatoms. The average molecular weight is 407 g/mol. The van der Waals surface area contributed by atoms with Crippen molar-refractivity contribution in [1.82, 2.24) is 15.1 Å². The van der Waals surface area contributed by atoms with Crippen molar-refractivity contribution in [1.29, 1.82) is 0 Å². The number of hydrogen-bond donors (Lipinski definition) is 2. The van der Waals surface area contributed by atoms with Crippen LogP contribution in [0.1, 0.15) is 25.7 Å². The van der Waals surface area contributed by atoms with Crippen molar-refractivity contribution in [2.45, 2.75) is 25.7 Å². The number of halogens is 1. The van der Waals surface area contributed by atoms with Gasteiger partial charge in [0.15, 0.2) is 0 Å². The Morgan fingerprint density at radius 2 is 1.90 bits per heavy atom. The lowest BCUT2D eigenvalue weighted by molar-refractivity contribution is -0.121. The van der Waals surface area contributed by atoms with Crippen LogP contribution in [0.3, 0.4) is 0 Å². The Balaban J connectivity index is 1.33. The zero-order chi connectivity index (χ0) is 20.5. The topological polar surface area (TPSA) is 73.9 Å². The van der Waals surface area contributed by atoms with Gasteiger partial charge >= 0.3 is 6.03 Å². The van der Waals surface area contributed by atoms with Crippen LogP contribution in [0, 0.1) is 11.7 Å². The molecular weight excluding hydrogens is 375 g/mol. The SMILES string of the molecule is O=C(CCC1CCCN(C(=O)Nc2ccc(F)cc2)C1)NCCN1CCOCC1. The van der Waals surface area contributed by atoms with E-state index in [1.165, 1.54) is 12.1 Å². The Kier molecular flexibility index (Phi) is 8.25. The minimum atomic E-state index is -0.329. The van der Waals surface area contributed by atoms with E-state index >= 15 is 0 Å². The third-order valence-corrected chi connectivity index (χ3v) is 5.54. The van der Waals surface area contributed by atoms with Crippen LogP contribution in [0.2, 0.25) is 0 Å². The summed E-state index contributed by atoms with van der Waals surface area (Å²) in [4.78, 5) is 28.7. The van der Waals surface area contributed by atoms with Gasteiger partial charge in [0.1, 0.15) is 5.82 Å². The highest BCUT2D eigenvalue weighted by molar-refractivity contribution is 5.89. The number of amides is 3. The maximum atomic E-state index is 13.0. The van der Waals surface area contributed by atoms with E-state index in [4.69, 9.17) is 4.74 Å². The highest BCUT2D eigenvalue weighted by Crippen LogP contribution is 2.22. The van der Waals surface area contributed by atoms with Gasteiger partial charge in [-0.3, -0.25) is 9.69 Å². The normalized spacial score (nSPS) is 20.3. The summed E-state index contributed by atoms with van der Waals surface area (Å²) in [5.41, 5.74) is 0.582. The molecule has 2 aliphatic rings. The predicted molar refractivity (Wildman–Crippen MR) is 109 cm³/mol. The lowest BCUT2D eigenvalue weighted by Crippen LogP contribution is -2.43. The van der Waals surface area contributed by atoms with E-state index in [1.807, 2.05) is 0 Å². The minimum absolute atomic E-state index is 0.0751. The first kappa shape index (κ1) is 21.5. The van der Waals surface area contributed by atoms with Gasteiger partial charge in [-0.15, -0.1) is 0 Å². The van der Waals surface area contributed by atoms with Crippen LogP contribution < -0.4 is 10.6 Å². The van der Waals surface area contributed by atoms with E-state index in [9.17, 15) is 14.0 Å². The average Bonchev–Trinajstić information content (AvgIpc) is 2.75. The summed E-state index contributed by atoms with van der Waals surface area (Å²) in [7, 11) is 0. The van der Waals surface area contributed by atoms with Crippen molar-refractivity contribution in [3.05, 3.63) is 30.1 Å². The summed E-state index contributed by atoms with van der Waals surface area (Å²) in [5, 5.41) is 5.81. The van der Waals surface area contributed by atoms with E-state index in [-0.39, 0.29) is 17.8 Å². The van der Waals surface area contributed by atoms with Crippen LogP contribution in [-0.2, 0) is 9.53 Å². The van der Waals surface area contributed by atoms with Gasteiger partial charge in [-0.05, 0) is 49.4 Å².